The average molecular weight is 499 g/mol. The number of likely N-dealkylation sites (tertiary alicyclic amines) is 1. The topological polar surface area (TPSA) is 63.5 Å². The molecule has 28 heavy (non-hydrogen) atoms. The number of halogens is 2. The predicted molar refractivity (Wildman–Crippen MR) is 121 cm³/mol. The molecule has 0 spiro atoms. The van der Waals surface area contributed by atoms with Gasteiger partial charge in [-0.2, -0.15) is 5.26 Å². The highest BCUT2D eigenvalue weighted by molar-refractivity contribution is 14.0. The number of hydrogen-bond donors (Lipinski definition) is 2. The number of nitriles is 1. The van der Waals surface area contributed by atoms with E-state index in [9.17, 15) is 4.39 Å². The second-order valence-electron chi connectivity index (χ2n) is 7.65. The van der Waals surface area contributed by atoms with Gasteiger partial charge in [0, 0.05) is 37.8 Å². The zero-order valence-corrected chi connectivity index (χ0v) is 18.9. The molecule has 1 atom stereocenters. The molecule has 7 heteroatoms. The molecule has 1 saturated heterocycles. The molecule has 0 bridgehead atoms. The van der Waals surface area contributed by atoms with Crippen molar-refractivity contribution in [3.05, 3.63) is 35.1 Å². The van der Waals surface area contributed by atoms with Crippen molar-refractivity contribution in [2.24, 2.45) is 10.9 Å². The molecule has 2 fully saturated rings. The summed E-state index contributed by atoms with van der Waals surface area (Å²) in [5.41, 5.74) is 0.832. The molecule has 0 amide bonds. The van der Waals surface area contributed by atoms with Crippen molar-refractivity contribution in [3.8, 4) is 6.07 Å². The monoisotopic (exact) mass is 499 g/mol. The summed E-state index contributed by atoms with van der Waals surface area (Å²) in [5, 5.41) is 15.6. The molecule has 1 aliphatic carbocycles. The van der Waals surface area contributed by atoms with Gasteiger partial charge in [0.2, 0.25) is 0 Å². The first-order valence-corrected chi connectivity index (χ1v) is 10.1. The summed E-state index contributed by atoms with van der Waals surface area (Å²) < 4.78 is 14.1. The maximum absolute atomic E-state index is 14.1. The van der Waals surface area contributed by atoms with E-state index in [-0.39, 0.29) is 36.3 Å². The summed E-state index contributed by atoms with van der Waals surface area (Å²) in [6, 6.07) is 6.87. The molecule has 1 aliphatic heterocycles. The predicted octanol–water partition coefficient (Wildman–Crippen LogP) is 3.63. The number of nitrogens with one attached hydrogen (secondary N) is 2. The highest BCUT2D eigenvalue weighted by Crippen LogP contribution is 2.26. The van der Waals surface area contributed by atoms with Crippen LogP contribution in [0.15, 0.2) is 23.2 Å². The number of aliphatic imine (C=N–C) groups is 1. The largest absolute Gasteiger partial charge is 0.357 e. The third kappa shape index (κ3) is 6.59. The fourth-order valence-corrected chi connectivity index (χ4v) is 4.10. The zero-order chi connectivity index (χ0) is 19.1. The molecule has 0 radical (unpaired) electrons. The lowest BCUT2D eigenvalue weighted by atomic mass is 10.1. The Morgan fingerprint density at radius 3 is 2.79 bits per heavy atom. The van der Waals surface area contributed by atoms with Crippen molar-refractivity contribution in [1.82, 2.24) is 15.5 Å². The Morgan fingerprint density at radius 1 is 1.32 bits per heavy atom. The van der Waals surface area contributed by atoms with Crippen LogP contribution in [0.5, 0.6) is 0 Å². The molecule has 1 heterocycles. The lowest BCUT2D eigenvalue weighted by Gasteiger charge is -2.21. The van der Waals surface area contributed by atoms with Gasteiger partial charge in [0.15, 0.2) is 5.96 Å². The van der Waals surface area contributed by atoms with E-state index in [4.69, 9.17) is 5.26 Å². The summed E-state index contributed by atoms with van der Waals surface area (Å²) in [4.78, 5) is 7.11. The Hall–Kier alpha value is -1.40. The first kappa shape index (κ1) is 22.9. The average Bonchev–Trinajstić information content (AvgIpc) is 3.33. The Bertz CT molecular complexity index is 697. The van der Waals surface area contributed by atoms with Gasteiger partial charge in [-0.05, 0) is 44.2 Å². The molecule has 2 N–H and O–H groups in total. The normalized spacial score (nSPS) is 20.6. The van der Waals surface area contributed by atoms with E-state index in [0.29, 0.717) is 17.2 Å². The first-order valence-electron chi connectivity index (χ1n) is 10.1. The van der Waals surface area contributed by atoms with E-state index < -0.39 is 0 Å². The van der Waals surface area contributed by atoms with Crippen LogP contribution < -0.4 is 10.6 Å². The molecular formula is C21H31FIN5. The lowest BCUT2D eigenvalue weighted by Crippen LogP contribution is -2.44. The smallest absolute Gasteiger partial charge is 0.191 e. The van der Waals surface area contributed by atoms with Gasteiger partial charge in [-0.15, -0.1) is 24.0 Å². The summed E-state index contributed by atoms with van der Waals surface area (Å²) in [6.07, 6.45) is 6.67. The van der Waals surface area contributed by atoms with Crippen LogP contribution in [0.2, 0.25) is 0 Å². The fourth-order valence-electron chi connectivity index (χ4n) is 4.10. The second-order valence-corrected chi connectivity index (χ2v) is 7.65. The summed E-state index contributed by atoms with van der Waals surface area (Å²) in [6.45, 7) is 6.46. The number of benzene rings is 1. The van der Waals surface area contributed by atoms with Gasteiger partial charge >= 0.3 is 0 Å². The van der Waals surface area contributed by atoms with Gasteiger partial charge in [0.25, 0.3) is 0 Å². The van der Waals surface area contributed by atoms with Crippen molar-refractivity contribution in [1.29, 1.82) is 5.26 Å². The molecule has 1 aromatic rings. The zero-order valence-electron chi connectivity index (χ0n) is 16.6. The lowest BCUT2D eigenvalue weighted by molar-refractivity contribution is 0.275. The summed E-state index contributed by atoms with van der Waals surface area (Å²) >= 11 is 0. The minimum atomic E-state index is -0.378. The van der Waals surface area contributed by atoms with Gasteiger partial charge in [0.05, 0.1) is 18.2 Å². The number of guanidine groups is 1. The number of hydrogen-bond acceptors (Lipinski definition) is 3. The van der Waals surface area contributed by atoms with Crippen LogP contribution in [0.25, 0.3) is 0 Å². The summed E-state index contributed by atoms with van der Waals surface area (Å²) in [5.74, 6) is 1.23. The van der Waals surface area contributed by atoms with Crippen molar-refractivity contribution in [2.45, 2.75) is 51.6 Å². The van der Waals surface area contributed by atoms with E-state index in [0.717, 1.165) is 37.9 Å². The van der Waals surface area contributed by atoms with E-state index in [2.05, 4.69) is 20.5 Å². The molecule has 1 aromatic carbocycles. The maximum atomic E-state index is 14.1. The van der Waals surface area contributed by atoms with Crippen LogP contribution in [-0.2, 0) is 6.54 Å². The number of nitrogens with zero attached hydrogens (tertiary/aromatic N) is 3. The van der Waals surface area contributed by atoms with Crippen LogP contribution in [0, 0.1) is 23.1 Å². The van der Waals surface area contributed by atoms with Crippen LogP contribution in [0.4, 0.5) is 4.39 Å². The van der Waals surface area contributed by atoms with Crippen LogP contribution in [0.3, 0.4) is 0 Å². The molecular weight excluding hydrogens is 468 g/mol. The molecule has 5 nitrogen and oxygen atoms in total. The van der Waals surface area contributed by atoms with Gasteiger partial charge in [-0.3, -0.25) is 0 Å². The third-order valence-electron chi connectivity index (χ3n) is 5.54. The third-order valence-corrected chi connectivity index (χ3v) is 5.54. The molecule has 3 rings (SSSR count). The highest BCUT2D eigenvalue weighted by atomic mass is 127. The minimum absolute atomic E-state index is 0. The maximum Gasteiger partial charge on any atom is 0.191 e. The molecule has 1 saturated carbocycles. The van der Waals surface area contributed by atoms with Crippen LogP contribution >= 0.6 is 24.0 Å². The van der Waals surface area contributed by atoms with Crippen molar-refractivity contribution in [3.63, 3.8) is 0 Å². The molecule has 2 aliphatic rings. The molecule has 154 valence electrons. The molecule has 1 unspecified atom stereocenters. The number of rotatable bonds is 6. The van der Waals surface area contributed by atoms with Gasteiger partial charge in [-0.25, -0.2) is 9.38 Å². The van der Waals surface area contributed by atoms with Gasteiger partial charge in [-0.1, -0.05) is 18.9 Å². The van der Waals surface area contributed by atoms with E-state index in [1.165, 1.54) is 38.3 Å². The van der Waals surface area contributed by atoms with E-state index in [1.54, 1.807) is 12.1 Å². The van der Waals surface area contributed by atoms with E-state index >= 15 is 0 Å². The minimum Gasteiger partial charge on any atom is -0.357 e. The Morgan fingerprint density at radius 2 is 2.11 bits per heavy atom. The fraction of sp³-hybridized carbons (Fsp3) is 0.619. The van der Waals surface area contributed by atoms with Crippen molar-refractivity contribution >= 4 is 29.9 Å². The van der Waals surface area contributed by atoms with Gasteiger partial charge in [0.1, 0.15) is 5.82 Å². The van der Waals surface area contributed by atoms with Crippen molar-refractivity contribution in [2.75, 3.05) is 26.2 Å². The summed E-state index contributed by atoms with van der Waals surface area (Å²) in [7, 11) is 0. The standard InChI is InChI=1S/C21H30FN5.HI/c1-2-24-21(25-13-18-8-7-17(12-23)11-20(18)22)26-19-9-10-27(15-19)14-16-5-3-4-6-16;/h7-8,11,16,19H,2-6,9-10,13-15H2,1H3,(H2,24,25,26);1H. The highest BCUT2D eigenvalue weighted by Gasteiger charge is 2.26. The van der Waals surface area contributed by atoms with Gasteiger partial charge < -0.3 is 15.5 Å². The Labute approximate surface area is 184 Å². The SMILES string of the molecule is CCNC(=NCc1ccc(C#N)cc1F)NC1CCN(CC2CCCC2)C1.I. The quantitative estimate of drug-likeness (QED) is 0.357. The van der Waals surface area contributed by atoms with E-state index in [1.807, 2.05) is 13.0 Å². The van der Waals surface area contributed by atoms with Crippen molar-refractivity contribution < 1.29 is 4.39 Å². The second kappa shape index (κ2) is 11.6. The molecule has 0 aromatic heterocycles. The van der Waals surface area contributed by atoms with Crippen LogP contribution in [0.1, 0.15) is 50.2 Å². The van der Waals surface area contributed by atoms with Crippen LogP contribution in [-0.4, -0.2) is 43.1 Å². The Kier molecular flexibility index (Phi) is 9.45. The Balaban J connectivity index is 0.00000280. The first-order chi connectivity index (χ1) is 13.2.